The molecule has 1 aliphatic rings. The maximum absolute atomic E-state index is 12.4. The van der Waals surface area contributed by atoms with Crippen LogP contribution in [0.25, 0.3) is 0 Å². The summed E-state index contributed by atoms with van der Waals surface area (Å²) in [4.78, 5) is 18.9. The van der Waals surface area contributed by atoms with E-state index in [1.165, 1.54) is 0 Å². The lowest BCUT2D eigenvalue weighted by Crippen LogP contribution is -2.36. The predicted octanol–water partition coefficient (Wildman–Crippen LogP) is 3.21. The maximum atomic E-state index is 12.4. The number of nitrogens with zero attached hydrogens (tertiary/aromatic N) is 3. The lowest BCUT2D eigenvalue weighted by Gasteiger charge is -2.30. The summed E-state index contributed by atoms with van der Waals surface area (Å²) >= 11 is 0. The Morgan fingerprint density at radius 1 is 1.14 bits per heavy atom. The standard InChI is InChI=1S/C20H21N5O3/c1-14-12-19(24-28-14)23-20(26)17-13-15(6-7-21-17)22-16-4-2-3-5-18(16)25-8-10-27-11-9-25/h2-7,12-13H,8-11H2,1H3,(H,21,22)(H,23,24,26). The molecule has 0 spiro atoms. The molecule has 144 valence electrons. The zero-order valence-corrected chi connectivity index (χ0v) is 15.5. The van der Waals surface area contributed by atoms with Crippen LogP contribution in [0.1, 0.15) is 16.2 Å². The maximum Gasteiger partial charge on any atom is 0.275 e. The number of ether oxygens (including phenoxy) is 1. The Hall–Kier alpha value is -3.39. The number of rotatable bonds is 5. The van der Waals surface area contributed by atoms with Gasteiger partial charge < -0.3 is 24.8 Å². The molecule has 2 aromatic heterocycles. The summed E-state index contributed by atoms with van der Waals surface area (Å²) in [5, 5.41) is 9.84. The molecule has 0 bridgehead atoms. The van der Waals surface area contributed by atoms with Crippen molar-refractivity contribution < 1.29 is 14.1 Å². The van der Waals surface area contributed by atoms with Gasteiger partial charge in [0.2, 0.25) is 0 Å². The second-order valence-electron chi connectivity index (χ2n) is 6.45. The van der Waals surface area contributed by atoms with Gasteiger partial charge in [-0.25, -0.2) is 0 Å². The summed E-state index contributed by atoms with van der Waals surface area (Å²) in [6.45, 7) is 4.89. The highest BCUT2D eigenvalue weighted by Crippen LogP contribution is 2.29. The van der Waals surface area contributed by atoms with Gasteiger partial charge in [0.15, 0.2) is 5.82 Å². The average molecular weight is 379 g/mol. The molecule has 0 aliphatic carbocycles. The Bertz CT molecular complexity index is 966. The van der Waals surface area contributed by atoms with Gasteiger partial charge in [0.05, 0.1) is 24.6 Å². The third-order valence-electron chi connectivity index (χ3n) is 4.40. The number of carbonyl (C=O) groups excluding carboxylic acids is 1. The fourth-order valence-corrected chi connectivity index (χ4v) is 3.05. The van der Waals surface area contributed by atoms with Gasteiger partial charge in [-0.15, -0.1) is 0 Å². The third-order valence-corrected chi connectivity index (χ3v) is 4.40. The molecule has 0 radical (unpaired) electrons. The van der Waals surface area contributed by atoms with E-state index in [0.717, 1.165) is 43.4 Å². The highest BCUT2D eigenvalue weighted by atomic mass is 16.5. The van der Waals surface area contributed by atoms with Crippen LogP contribution in [0.3, 0.4) is 0 Å². The van der Waals surface area contributed by atoms with Crippen molar-refractivity contribution in [2.75, 3.05) is 41.8 Å². The van der Waals surface area contributed by atoms with Gasteiger partial charge in [-0.2, -0.15) is 0 Å². The molecule has 1 aromatic carbocycles. The van der Waals surface area contributed by atoms with Crippen molar-refractivity contribution in [1.29, 1.82) is 0 Å². The van der Waals surface area contributed by atoms with Crippen LogP contribution in [0.5, 0.6) is 0 Å². The number of anilines is 4. The predicted molar refractivity (Wildman–Crippen MR) is 106 cm³/mol. The van der Waals surface area contributed by atoms with E-state index in [4.69, 9.17) is 9.26 Å². The number of nitrogens with one attached hydrogen (secondary N) is 2. The molecule has 2 N–H and O–H groups in total. The number of aromatic nitrogens is 2. The van der Waals surface area contributed by atoms with Crippen LogP contribution in [0, 0.1) is 6.92 Å². The van der Waals surface area contributed by atoms with Crippen LogP contribution in [0.15, 0.2) is 53.2 Å². The summed E-state index contributed by atoms with van der Waals surface area (Å²) in [6, 6.07) is 13.3. The van der Waals surface area contributed by atoms with Gasteiger partial charge in [0.25, 0.3) is 5.91 Å². The molecule has 3 aromatic rings. The lowest BCUT2D eigenvalue weighted by atomic mass is 10.2. The Morgan fingerprint density at radius 2 is 1.96 bits per heavy atom. The summed E-state index contributed by atoms with van der Waals surface area (Å²) in [5.41, 5.74) is 3.13. The SMILES string of the molecule is Cc1cc(NC(=O)c2cc(Nc3ccccc3N3CCOCC3)ccn2)no1. The Kier molecular flexibility index (Phi) is 5.20. The molecule has 0 saturated carbocycles. The molecule has 4 rings (SSSR count). The van der Waals surface area contributed by atoms with Gasteiger partial charge in [-0.3, -0.25) is 9.78 Å². The van der Waals surface area contributed by atoms with E-state index in [2.05, 4.69) is 31.7 Å². The molecule has 1 fully saturated rings. The number of amides is 1. The third kappa shape index (κ3) is 4.12. The quantitative estimate of drug-likeness (QED) is 0.703. The number of pyridine rings is 1. The monoisotopic (exact) mass is 379 g/mol. The van der Waals surface area contributed by atoms with E-state index < -0.39 is 0 Å². The van der Waals surface area contributed by atoms with E-state index in [-0.39, 0.29) is 11.6 Å². The Balaban J connectivity index is 1.51. The summed E-state index contributed by atoms with van der Waals surface area (Å²) in [6.07, 6.45) is 1.60. The number of benzene rings is 1. The van der Waals surface area contributed by atoms with E-state index in [0.29, 0.717) is 11.6 Å². The number of para-hydroxylation sites is 2. The van der Waals surface area contributed by atoms with Crippen molar-refractivity contribution in [3.63, 3.8) is 0 Å². The van der Waals surface area contributed by atoms with Gasteiger partial charge >= 0.3 is 0 Å². The molecule has 28 heavy (non-hydrogen) atoms. The Labute approximate surface area is 162 Å². The fraction of sp³-hybridized carbons (Fsp3) is 0.250. The largest absolute Gasteiger partial charge is 0.378 e. The van der Waals surface area contributed by atoms with E-state index >= 15 is 0 Å². The van der Waals surface area contributed by atoms with Gasteiger partial charge in [-0.1, -0.05) is 17.3 Å². The smallest absolute Gasteiger partial charge is 0.275 e. The van der Waals surface area contributed by atoms with Gasteiger partial charge in [-0.05, 0) is 31.2 Å². The van der Waals surface area contributed by atoms with Crippen molar-refractivity contribution in [1.82, 2.24) is 10.1 Å². The zero-order chi connectivity index (χ0) is 19.3. The second-order valence-corrected chi connectivity index (χ2v) is 6.45. The molecule has 8 heteroatoms. The average Bonchev–Trinajstić information content (AvgIpc) is 3.14. The summed E-state index contributed by atoms with van der Waals surface area (Å²) in [7, 11) is 0. The van der Waals surface area contributed by atoms with Gasteiger partial charge in [0, 0.05) is 31.0 Å². The minimum Gasteiger partial charge on any atom is -0.378 e. The van der Waals surface area contributed by atoms with Crippen molar-refractivity contribution in [2.24, 2.45) is 0 Å². The number of hydrogen-bond donors (Lipinski definition) is 2. The van der Waals surface area contributed by atoms with Gasteiger partial charge in [0.1, 0.15) is 11.5 Å². The number of carbonyl (C=O) groups is 1. The number of hydrogen-bond acceptors (Lipinski definition) is 7. The normalized spacial score (nSPS) is 14.0. The second kappa shape index (κ2) is 8.10. The number of morpholine rings is 1. The minimum atomic E-state index is -0.349. The van der Waals surface area contributed by atoms with E-state index in [1.54, 1.807) is 25.3 Å². The van der Waals surface area contributed by atoms with Crippen molar-refractivity contribution >= 4 is 28.8 Å². The number of aryl methyl sites for hydroxylation is 1. The van der Waals surface area contributed by atoms with E-state index in [9.17, 15) is 4.79 Å². The van der Waals surface area contributed by atoms with E-state index in [1.807, 2.05) is 24.3 Å². The molecular weight excluding hydrogens is 358 g/mol. The first-order chi connectivity index (χ1) is 13.7. The van der Waals surface area contributed by atoms with Crippen molar-refractivity contribution in [3.05, 3.63) is 60.1 Å². The highest BCUT2D eigenvalue weighted by molar-refractivity contribution is 6.02. The Morgan fingerprint density at radius 3 is 2.75 bits per heavy atom. The summed E-state index contributed by atoms with van der Waals surface area (Å²) < 4.78 is 10.4. The molecule has 0 unspecified atom stereocenters. The molecule has 0 atom stereocenters. The summed E-state index contributed by atoms with van der Waals surface area (Å²) in [5.74, 6) is 0.636. The molecular formula is C20H21N5O3. The first kappa shape index (κ1) is 18.0. The molecule has 8 nitrogen and oxygen atoms in total. The molecule has 1 aliphatic heterocycles. The van der Waals surface area contributed by atoms with Crippen molar-refractivity contribution in [2.45, 2.75) is 6.92 Å². The highest BCUT2D eigenvalue weighted by Gasteiger charge is 2.15. The molecule has 1 saturated heterocycles. The van der Waals surface area contributed by atoms with Crippen molar-refractivity contribution in [3.8, 4) is 0 Å². The fourth-order valence-electron chi connectivity index (χ4n) is 3.05. The van der Waals surface area contributed by atoms with Crippen LogP contribution >= 0.6 is 0 Å². The lowest BCUT2D eigenvalue weighted by molar-refractivity contribution is 0.102. The molecule has 3 heterocycles. The van der Waals surface area contributed by atoms with Crippen LogP contribution in [-0.2, 0) is 4.74 Å². The van der Waals surface area contributed by atoms with Crippen LogP contribution in [-0.4, -0.2) is 42.4 Å². The zero-order valence-electron chi connectivity index (χ0n) is 15.5. The first-order valence-corrected chi connectivity index (χ1v) is 9.08. The topological polar surface area (TPSA) is 92.5 Å². The molecule has 1 amide bonds. The van der Waals surface area contributed by atoms with Crippen LogP contribution in [0.2, 0.25) is 0 Å². The van der Waals surface area contributed by atoms with Crippen LogP contribution < -0.4 is 15.5 Å². The first-order valence-electron chi connectivity index (χ1n) is 9.08. The minimum absolute atomic E-state index is 0.287. The van der Waals surface area contributed by atoms with Crippen LogP contribution in [0.4, 0.5) is 22.9 Å².